The molecule has 0 bridgehead atoms. The zero-order valence-electron chi connectivity index (χ0n) is 10.5. The quantitative estimate of drug-likeness (QED) is 0.682. The summed E-state index contributed by atoms with van der Waals surface area (Å²) in [6, 6.07) is 1.80. The van der Waals surface area contributed by atoms with Gasteiger partial charge in [-0.3, -0.25) is 0 Å². The summed E-state index contributed by atoms with van der Waals surface area (Å²) in [5.41, 5.74) is 4.38. The van der Waals surface area contributed by atoms with E-state index in [-0.39, 0.29) is 17.9 Å². The van der Waals surface area contributed by atoms with Gasteiger partial charge in [-0.05, 0) is 13.0 Å². The van der Waals surface area contributed by atoms with Gasteiger partial charge in [0.1, 0.15) is 5.82 Å². The molecule has 0 fully saturated rings. The van der Waals surface area contributed by atoms with E-state index in [0.29, 0.717) is 19.1 Å². The Morgan fingerprint density at radius 3 is 2.72 bits per heavy atom. The fraction of sp³-hybridized carbons (Fsp3) is 0.500. The highest BCUT2D eigenvalue weighted by atomic mass is 19.1. The first kappa shape index (κ1) is 14.7. The van der Waals surface area contributed by atoms with E-state index in [1.165, 1.54) is 7.11 Å². The van der Waals surface area contributed by atoms with Crippen molar-refractivity contribution >= 4 is 11.4 Å². The second-order valence-corrected chi connectivity index (χ2v) is 4.44. The summed E-state index contributed by atoms with van der Waals surface area (Å²) in [5, 5.41) is 12.7. The molecule has 18 heavy (non-hydrogen) atoms. The van der Waals surface area contributed by atoms with Crippen molar-refractivity contribution in [3.05, 3.63) is 23.8 Å². The third kappa shape index (κ3) is 4.12. The number of rotatable bonds is 6. The van der Waals surface area contributed by atoms with Crippen molar-refractivity contribution in [1.29, 1.82) is 0 Å². The van der Waals surface area contributed by atoms with Crippen LogP contribution in [0.25, 0.3) is 0 Å². The van der Waals surface area contributed by atoms with E-state index >= 15 is 0 Å². The van der Waals surface area contributed by atoms with Crippen LogP contribution in [0.4, 0.5) is 20.2 Å². The lowest BCUT2D eigenvalue weighted by atomic mass is 10.0. The molecule has 0 aliphatic heterocycles. The average molecular weight is 260 g/mol. The first-order chi connectivity index (χ1) is 8.35. The van der Waals surface area contributed by atoms with Gasteiger partial charge in [0.25, 0.3) is 0 Å². The molecule has 6 heteroatoms. The topological polar surface area (TPSA) is 67.5 Å². The summed E-state index contributed by atoms with van der Waals surface area (Å²) in [7, 11) is 1.53. The summed E-state index contributed by atoms with van der Waals surface area (Å²) in [4.78, 5) is 0. The molecule has 0 heterocycles. The molecule has 4 nitrogen and oxygen atoms in total. The Balaban J connectivity index is 2.68. The van der Waals surface area contributed by atoms with Gasteiger partial charge in [-0.15, -0.1) is 0 Å². The number of nitrogens with two attached hydrogens (primary N) is 1. The second kappa shape index (κ2) is 5.97. The summed E-state index contributed by atoms with van der Waals surface area (Å²) in [5.74, 6) is -1.55. The van der Waals surface area contributed by atoms with Gasteiger partial charge in [-0.25, -0.2) is 8.78 Å². The highest BCUT2D eigenvalue weighted by molar-refractivity contribution is 5.66. The molecule has 0 amide bonds. The van der Waals surface area contributed by atoms with Crippen molar-refractivity contribution < 1.29 is 18.6 Å². The van der Waals surface area contributed by atoms with Gasteiger partial charge < -0.3 is 20.9 Å². The van der Waals surface area contributed by atoms with E-state index in [2.05, 4.69) is 5.32 Å². The molecule has 0 aliphatic rings. The van der Waals surface area contributed by atoms with Crippen molar-refractivity contribution in [2.24, 2.45) is 0 Å². The molecule has 0 saturated heterocycles. The third-order valence-corrected chi connectivity index (χ3v) is 2.60. The number of nitrogens with one attached hydrogen (secondary N) is 1. The maximum Gasteiger partial charge on any atom is 0.151 e. The summed E-state index contributed by atoms with van der Waals surface area (Å²) >= 11 is 0. The predicted octanol–water partition coefficient (Wildman–Crippen LogP) is 1.75. The normalized spacial score (nSPS) is 14.3. The van der Waals surface area contributed by atoms with Crippen LogP contribution in [0.1, 0.15) is 13.3 Å². The SMILES string of the molecule is COCCC(C)(O)CNc1cc(F)cc(F)c1N. The number of methoxy groups -OCH3 is 1. The van der Waals surface area contributed by atoms with Gasteiger partial charge in [0.15, 0.2) is 5.82 Å². The number of hydrogen-bond acceptors (Lipinski definition) is 4. The Bertz CT molecular complexity index is 411. The van der Waals surface area contributed by atoms with Gasteiger partial charge in [0, 0.05) is 32.7 Å². The van der Waals surface area contributed by atoms with Gasteiger partial charge in [0.2, 0.25) is 0 Å². The van der Waals surface area contributed by atoms with Crippen LogP contribution in [0.5, 0.6) is 0 Å². The minimum Gasteiger partial charge on any atom is -0.395 e. The number of halogens is 2. The minimum absolute atomic E-state index is 0.115. The number of hydrogen-bond donors (Lipinski definition) is 3. The molecule has 0 radical (unpaired) electrons. The highest BCUT2D eigenvalue weighted by Crippen LogP contribution is 2.24. The van der Waals surface area contributed by atoms with E-state index in [1.54, 1.807) is 6.92 Å². The lowest BCUT2D eigenvalue weighted by Gasteiger charge is -2.24. The van der Waals surface area contributed by atoms with Gasteiger partial charge in [0.05, 0.1) is 17.0 Å². The van der Waals surface area contributed by atoms with Crippen LogP contribution in [0, 0.1) is 11.6 Å². The van der Waals surface area contributed by atoms with Gasteiger partial charge in [-0.1, -0.05) is 0 Å². The molecule has 1 rings (SSSR count). The molecule has 4 N–H and O–H groups in total. The molecule has 1 unspecified atom stereocenters. The lowest BCUT2D eigenvalue weighted by molar-refractivity contribution is 0.0357. The maximum absolute atomic E-state index is 13.2. The molecule has 1 aromatic rings. The van der Waals surface area contributed by atoms with Crippen LogP contribution in [-0.2, 0) is 4.74 Å². The second-order valence-electron chi connectivity index (χ2n) is 4.44. The molecule has 0 aromatic heterocycles. The van der Waals surface area contributed by atoms with Crippen molar-refractivity contribution in [2.75, 3.05) is 31.3 Å². The maximum atomic E-state index is 13.2. The first-order valence-electron chi connectivity index (χ1n) is 5.55. The van der Waals surface area contributed by atoms with Crippen LogP contribution in [-0.4, -0.2) is 31.0 Å². The molecule has 0 saturated carbocycles. The molecular weight excluding hydrogens is 242 g/mol. The zero-order chi connectivity index (χ0) is 13.8. The van der Waals surface area contributed by atoms with E-state index < -0.39 is 17.2 Å². The lowest BCUT2D eigenvalue weighted by Crippen LogP contribution is -2.34. The first-order valence-corrected chi connectivity index (χ1v) is 5.55. The smallest absolute Gasteiger partial charge is 0.151 e. The van der Waals surface area contributed by atoms with E-state index in [1.807, 2.05) is 0 Å². The minimum atomic E-state index is -1.05. The largest absolute Gasteiger partial charge is 0.395 e. The summed E-state index contributed by atoms with van der Waals surface area (Å²) in [6.07, 6.45) is 0.397. The fourth-order valence-electron chi connectivity index (χ4n) is 1.43. The number of ether oxygens (including phenoxy) is 1. The number of anilines is 2. The third-order valence-electron chi connectivity index (χ3n) is 2.60. The molecule has 1 aromatic carbocycles. The average Bonchev–Trinajstić information content (AvgIpc) is 2.29. The number of nitrogen functional groups attached to an aromatic ring is 1. The monoisotopic (exact) mass is 260 g/mol. The Hall–Kier alpha value is -1.40. The van der Waals surface area contributed by atoms with Crippen molar-refractivity contribution in [2.45, 2.75) is 18.9 Å². The standard InChI is InChI=1S/C12H18F2N2O2/c1-12(17,3-4-18-2)7-16-10-6-8(13)5-9(14)11(10)15/h5-6,16-17H,3-4,7,15H2,1-2H3. The fourth-order valence-corrected chi connectivity index (χ4v) is 1.43. The summed E-state index contributed by atoms with van der Waals surface area (Å²) < 4.78 is 31.0. The Morgan fingerprint density at radius 2 is 2.11 bits per heavy atom. The number of aliphatic hydroxyl groups is 1. The van der Waals surface area contributed by atoms with Crippen LogP contribution in [0.2, 0.25) is 0 Å². The Labute approximate surface area is 105 Å². The van der Waals surface area contributed by atoms with Crippen LogP contribution >= 0.6 is 0 Å². The number of benzene rings is 1. The van der Waals surface area contributed by atoms with Gasteiger partial charge >= 0.3 is 0 Å². The van der Waals surface area contributed by atoms with E-state index in [9.17, 15) is 13.9 Å². The van der Waals surface area contributed by atoms with Gasteiger partial charge in [-0.2, -0.15) is 0 Å². The zero-order valence-corrected chi connectivity index (χ0v) is 10.5. The summed E-state index contributed by atoms with van der Waals surface area (Å²) in [6.45, 7) is 2.11. The van der Waals surface area contributed by atoms with Crippen molar-refractivity contribution in [3.8, 4) is 0 Å². The molecule has 0 aliphatic carbocycles. The predicted molar refractivity (Wildman–Crippen MR) is 66.4 cm³/mol. The molecule has 1 atom stereocenters. The molecule has 102 valence electrons. The van der Waals surface area contributed by atoms with Crippen LogP contribution in [0.15, 0.2) is 12.1 Å². The van der Waals surface area contributed by atoms with E-state index in [4.69, 9.17) is 10.5 Å². The van der Waals surface area contributed by atoms with Crippen molar-refractivity contribution in [3.63, 3.8) is 0 Å². The Morgan fingerprint density at radius 1 is 1.44 bits per heavy atom. The van der Waals surface area contributed by atoms with Crippen LogP contribution < -0.4 is 11.1 Å². The molecule has 0 spiro atoms. The molecular formula is C12H18F2N2O2. The van der Waals surface area contributed by atoms with E-state index in [0.717, 1.165) is 6.07 Å². The van der Waals surface area contributed by atoms with Crippen LogP contribution in [0.3, 0.4) is 0 Å². The highest BCUT2D eigenvalue weighted by Gasteiger charge is 2.20. The van der Waals surface area contributed by atoms with Crippen molar-refractivity contribution in [1.82, 2.24) is 0 Å². The Kier molecular flexibility index (Phi) is 4.86.